The molecular weight excluding hydrogens is 276 g/mol. The first-order chi connectivity index (χ1) is 10.7. The van der Waals surface area contributed by atoms with E-state index in [2.05, 4.69) is 17.2 Å². The molecule has 0 bridgehead atoms. The molecule has 0 spiro atoms. The molecule has 1 aromatic carbocycles. The van der Waals surface area contributed by atoms with E-state index in [0.29, 0.717) is 13.1 Å². The minimum absolute atomic E-state index is 0.139. The molecule has 0 aliphatic heterocycles. The molecule has 1 aliphatic carbocycles. The molecule has 1 saturated carbocycles. The van der Waals surface area contributed by atoms with Gasteiger partial charge in [0.2, 0.25) is 0 Å². The highest BCUT2D eigenvalue weighted by atomic mass is 16.3. The number of aliphatic hydroxyl groups is 1. The Kier molecular flexibility index (Phi) is 6.29. The fourth-order valence-corrected chi connectivity index (χ4v) is 2.76. The molecule has 2 atom stereocenters. The molecular formula is C18H24N2O2. The molecule has 22 heavy (non-hydrogen) atoms. The van der Waals surface area contributed by atoms with Crippen LogP contribution in [-0.4, -0.2) is 42.3 Å². The van der Waals surface area contributed by atoms with Gasteiger partial charge in [0.25, 0.3) is 0 Å². The van der Waals surface area contributed by atoms with Gasteiger partial charge in [-0.3, -0.25) is 0 Å². The molecule has 2 amide bonds. The third kappa shape index (κ3) is 5.09. The van der Waals surface area contributed by atoms with Gasteiger partial charge >= 0.3 is 6.03 Å². The summed E-state index contributed by atoms with van der Waals surface area (Å²) in [6.07, 6.45) is 3.79. The highest BCUT2D eigenvalue weighted by Gasteiger charge is 2.25. The Morgan fingerprint density at radius 1 is 1.32 bits per heavy atom. The van der Waals surface area contributed by atoms with E-state index in [1.165, 1.54) is 0 Å². The van der Waals surface area contributed by atoms with Crippen molar-refractivity contribution in [3.05, 3.63) is 35.9 Å². The first-order valence-electron chi connectivity index (χ1n) is 7.88. The van der Waals surface area contributed by atoms with Gasteiger partial charge in [-0.15, -0.1) is 0 Å². The smallest absolute Gasteiger partial charge is 0.317 e. The van der Waals surface area contributed by atoms with E-state index in [9.17, 15) is 9.90 Å². The quantitative estimate of drug-likeness (QED) is 0.841. The summed E-state index contributed by atoms with van der Waals surface area (Å²) in [5.41, 5.74) is 0.940. The van der Waals surface area contributed by atoms with Crippen molar-refractivity contribution in [2.45, 2.75) is 31.8 Å². The number of rotatable bonds is 3. The summed E-state index contributed by atoms with van der Waals surface area (Å²) in [5.74, 6) is 6.14. The number of urea groups is 1. The largest absolute Gasteiger partial charge is 0.393 e. The van der Waals surface area contributed by atoms with Gasteiger partial charge in [0.1, 0.15) is 0 Å². The number of aliphatic hydroxyl groups excluding tert-OH is 1. The lowest BCUT2D eigenvalue weighted by Crippen LogP contribution is -2.43. The summed E-state index contributed by atoms with van der Waals surface area (Å²) < 4.78 is 0. The van der Waals surface area contributed by atoms with Gasteiger partial charge in [-0.1, -0.05) is 42.9 Å². The van der Waals surface area contributed by atoms with Crippen LogP contribution in [0.3, 0.4) is 0 Å². The molecule has 0 radical (unpaired) electrons. The minimum Gasteiger partial charge on any atom is -0.393 e. The lowest BCUT2D eigenvalue weighted by atomic mass is 9.86. The summed E-state index contributed by atoms with van der Waals surface area (Å²) in [6.45, 7) is 0.921. The van der Waals surface area contributed by atoms with Gasteiger partial charge in [0, 0.05) is 25.1 Å². The number of benzene rings is 1. The van der Waals surface area contributed by atoms with Crippen LogP contribution in [0.5, 0.6) is 0 Å². The van der Waals surface area contributed by atoms with Crippen molar-refractivity contribution in [3.63, 3.8) is 0 Å². The van der Waals surface area contributed by atoms with Crippen LogP contribution in [0.25, 0.3) is 0 Å². The van der Waals surface area contributed by atoms with Crippen molar-refractivity contribution in [3.8, 4) is 11.8 Å². The molecule has 0 heterocycles. The van der Waals surface area contributed by atoms with Crippen LogP contribution in [0, 0.1) is 17.8 Å². The van der Waals surface area contributed by atoms with E-state index in [4.69, 9.17) is 0 Å². The average molecular weight is 300 g/mol. The SMILES string of the molecule is CN(C[C@@H]1CCCC[C@H]1O)C(=O)NCC#Cc1ccccc1. The maximum Gasteiger partial charge on any atom is 0.317 e. The van der Waals surface area contributed by atoms with Crippen LogP contribution in [-0.2, 0) is 0 Å². The van der Waals surface area contributed by atoms with E-state index in [0.717, 1.165) is 31.2 Å². The van der Waals surface area contributed by atoms with Crippen LogP contribution in [0.2, 0.25) is 0 Å². The van der Waals surface area contributed by atoms with E-state index >= 15 is 0 Å². The molecule has 2 rings (SSSR count). The van der Waals surface area contributed by atoms with Gasteiger partial charge in [-0.25, -0.2) is 4.79 Å². The molecule has 0 aromatic heterocycles. The van der Waals surface area contributed by atoms with Crippen molar-refractivity contribution < 1.29 is 9.90 Å². The highest BCUT2D eigenvalue weighted by Crippen LogP contribution is 2.24. The summed E-state index contributed by atoms with van der Waals surface area (Å²) in [6, 6.07) is 9.55. The summed E-state index contributed by atoms with van der Waals surface area (Å²) in [5, 5.41) is 12.7. The van der Waals surface area contributed by atoms with Crippen molar-refractivity contribution in [2.24, 2.45) is 5.92 Å². The number of nitrogens with zero attached hydrogens (tertiary/aromatic N) is 1. The molecule has 4 heteroatoms. The van der Waals surface area contributed by atoms with Crippen molar-refractivity contribution >= 4 is 6.03 Å². The Morgan fingerprint density at radius 2 is 2.05 bits per heavy atom. The van der Waals surface area contributed by atoms with Gasteiger partial charge in [-0.05, 0) is 25.0 Å². The fraction of sp³-hybridized carbons (Fsp3) is 0.500. The lowest BCUT2D eigenvalue weighted by Gasteiger charge is -2.31. The molecule has 1 aliphatic rings. The second kappa shape index (κ2) is 8.45. The van der Waals surface area contributed by atoms with E-state index < -0.39 is 0 Å². The molecule has 2 N–H and O–H groups in total. The standard InChI is InChI=1S/C18H24N2O2/c1-20(14-16-11-5-6-12-17(16)21)18(22)19-13-7-10-15-8-3-2-4-9-15/h2-4,8-9,16-17,21H,5-6,11-14H2,1H3,(H,19,22)/t16-,17+/m0/s1. The Labute approximate surface area is 132 Å². The zero-order valence-electron chi connectivity index (χ0n) is 13.1. The maximum absolute atomic E-state index is 12.0. The number of carbonyl (C=O) groups excluding carboxylic acids is 1. The molecule has 0 unspecified atom stereocenters. The average Bonchev–Trinajstić information content (AvgIpc) is 2.54. The number of carbonyl (C=O) groups is 1. The van der Waals surface area contributed by atoms with E-state index in [-0.39, 0.29) is 18.1 Å². The monoisotopic (exact) mass is 300 g/mol. The zero-order chi connectivity index (χ0) is 15.8. The first-order valence-corrected chi connectivity index (χ1v) is 7.88. The normalized spacial score (nSPS) is 20.6. The Hall–Kier alpha value is -1.99. The number of hydrogen-bond acceptors (Lipinski definition) is 2. The topological polar surface area (TPSA) is 52.6 Å². The predicted octanol–water partition coefficient (Wildman–Crippen LogP) is 2.23. The highest BCUT2D eigenvalue weighted by molar-refractivity contribution is 5.74. The second-order valence-corrected chi connectivity index (χ2v) is 5.82. The minimum atomic E-state index is -0.276. The third-order valence-corrected chi connectivity index (χ3v) is 4.06. The van der Waals surface area contributed by atoms with Gasteiger partial charge in [-0.2, -0.15) is 0 Å². The molecule has 1 aromatic rings. The zero-order valence-corrected chi connectivity index (χ0v) is 13.1. The van der Waals surface area contributed by atoms with Crippen molar-refractivity contribution in [2.75, 3.05) is 20.1 Å². The van der Waals surface area contributed by atoms with E-state index in [1.807, 2.05) is 30.3 Å². The van der Waals surface area contributed by atoms with Gasteiger partial charge in [0.15, 0.2) is 0 Å². The predicted molar refractivity (Wildman–Crippen MR) is 87.3 cm³/mol. The number of hydrogen-bond donors (Lipinski definition) is 2. The Bertz CT molecular complexity index is 533. The van der Waals surface area contributed by atoms with Crippen LogP contribution in [0.15, 0.2) is 30.3 Å². The molecule has 0 saturated heterocycles. The van der Waals surface area contributed by atoms with Crippen LogP contribution in [0.1, 0.15) is 31.2 Å². The van der Waals surface area contributed by atoms with Crippen LogP contribution < -0.4 is 5.32 Å². The molecule has 1 fully saturated rings. The van der Waals surface area contributed by atoms with E-state index in [1.54, 1.807) is 11.9 Å². The van der Waals surface area contributed by atoms with Gasteiger partial charge < -0.3 is 15.3 Å². The van der Waals surface area contributed by atoms with Crippen molar-refractivity contribution in [1.29, 1.82) is 0 Å². The fourth-order valence-electron chi connectivity index (χ4n) is 2.76. The number of nitrogens with one attached hydrogen (secondary N) is 1. The number of amides is 2. The summed E-state index contributed by atoms with van der Waals surface area (Å²) >= 11 is 0. The van der Waals surface area contributed by atoms with Gasteiger partial charge in [0.05, 0.1) is 12.6 Å². The summed E-state index contributed by atoms with van der Waals surface area (Å²) in [7, 11) is 1.77. The Balaban J connectivity index is 1.73. The molecule has 4 nitrogen and oxygen atoms in total. The first kappa shape index (κ1) is 16.4. The van der Waals surface area contributed by atoms with Crippen molar-refractivity contribution in [1.82, 2.24) is 10.2 Å². The third-order valence-electron chi connectivity index (χ3n) is 4.06. The maximum atomic E-state index is 12.0. The lowest BCUT2D eigenvalue weighted by molar-refractivity contribution is 0.0566. The summed E-state index contributed by atoms with van der Waals surface area (Å²) in [4.78, 5) is 13.6. The van der Waals surface area contributed by atoms with Crippen LogP contribution >= 0.6 is 0 Å². The molecule has 118 valence electrons. The van der Waals surface area contributed by atoms with Crippen LogP contribution in [0.4, 0.5) is 4.79 Å². The second-order valence-electron chi connectivity index (χ2n) is 5.82. The Morgan fingerprint density at radius 3 is 2.77 bits per heavy atom.